The smallest absolute Gasteiger partial charge is 0.462 e. The number of hydrogen-bond donors (Lipinski definition) is 0. The minimum atomic E-state index is -4.17. The average molecular weight is 383 g/mol. The van der Waals surface area contributed by atoms with Crippen LogP contribution < -0.4 is 34.3 Å². The van der Waals surface area contributed by atoms with Gasteiger partial charge in [-0.25, -0.2) is 4.18 Å². The second kappa shape index (κ2) is 15.0. The third kappa shape index (κ3) is 13.7. The van der Waals surface area contributed by atoms with Gasteiger partial charge >= 0.3 is 40.0 Å². The Morgan fingerprint density at radius 3 is 2.20 bits per heavy atom. The van der Waals surface area contributed by atoms with Crippen molar-refractivity contribution in [3.63, 3.8) is 0 Å². The van der Waals surface area contributed by atoms with E-state index in [1.165, 1.54) is 32.6 Å². The summed E-state index contributed by atoms with van der Waals surface area (Å²) in [5.41, 5.74) is 0. The molecule has 0 amide bonds. The molecule has 0 heterocycles. The second-order valence-corrected chi connectivity index (χ2v) is 6.70. The van der Waals surface area contributed by atoms with Crippen LogP contribution in [0.1, 0.15) is 58.8 Å². The largest absolute Gasteiger partial charge is 1.00 e. The number of ether oxygens (including phenoxy) is 1. The van der Waals surface area contributed by atoms with E-state index >= 15 is 0 Å². The first-order chi connectivity index (χ1) is 11.5. The number of hydrogen-bond acceptors (Lipinski definition) is 6. The van der Waals surface area contributed by atoms with Crippen LogP contribution in [-0.4, -0.2) is 21.3 Å². The van der Waals surface area contributed by atoms with Crippen LogP contribution in [0.3, 0.4) is 0 Å². The van der Waals surface area contributed by atoms with Crippen LogP contribution in [0.2, 0.25) is 0 Å². The molecule has 6 nitrogen and oxygen atoms in total. The molecule has 0 spiro atoms. The molecule has 0 bridgehead atoms. The van der Waals surface area contributed by atoms with E-state index in [1.54, 1.807) is 24.3 Å². The van der Waals surface area contributed by atoms with E-state index in [1.807, 2.05) is 6.07 Å². The zero-order chi connectivity index (χ0) is 17.7. The van der Waals surface area contributed by atoms with Gasteiger partial charge in [0.15, 0.2) is 0 Å². The molecule has 0 aliphatic carbocycles. The second-order valence-electron chi connectivity index (χ2n) is 5.51. The summed E-state index contributed by atoms with van der Waals surface area (Å²) in [7, 11) is -4.17. The maximum atomic E-state index is 11.5. The Hall–Kier alpha value is -0.150. The summed E-state index contributed by atoms with van der Waals surface area (Å²) in [6.07, 6.45) is 6.68. The van der Waals surface area contributed by atoms with Crippen LogP contribution in [0.25, 0.3) is 0 Å². The molecule has 138 valence electrons. The summed E-state index contributed by atoms with van der Waals surface area (Å²) < 4.78 is 37.5. The van der Waals surface area contributed by atoms with Gasteiger partial charge in [0.25, 0.3) is 0 Å². The maximum absolute atomic E-state index is 11.5. The Labute approximate surface area is 173 Å². The van der Waals surface area contributed by atoms with Gasteiger partial charge in [0.1, 0.15) is 5.75 Å². The molecule has 25 heavy (non-hydrogen) atoms. The molecule has 1 atom stereocenters. The predicted octanol–water partition coefficient (Wildman–Crippen LogP) is 1.38. The van der Waals surface area contributed by atoms with Crippen LogP contribution in [0.4, 0.5) is 0 Å². The first-order valence-electron chi connectivity index (χ1n) is 8.49. The van der Waals surface area contributed by atoms with Gasteiger partial charge in [-0.1, -0.05) is 68.0 Å². The number of para-hydroxylation sites is 1. The molecule has 0 aliphatic heterocycles. The molecule has 0 aliphatic rings. The number of rotatable bonds is 14. The van der Waals surface area contributed by atoms with Crippen molar-refractivity contribution in [3.05, 3.63) is 30.3 Å². The minimum absolute atomic E-state index is 0. The number of benzene rings is 1. The Bertz CT molecular complexity index is 523. The first-order valence-corrected chi connectivity index (χ1v) is 9.83. The van der Waals surface area contributed by atoms with Crippen LogP contribution in [0.5, 0.6) is 5.75 Å². The number of unbranched alkanes of at least 4 members (excludes halogenated alkanes) is 6. The van der Waals surface area contributed by atoms with Gasteiger partial charge in [-0.15, -0.1) is 0 Å². The minimum Gasteiger partial charge on any atom is -0.462 e. The van der Waals surface area contributed by atoms with Crippen molar-refractivity contribution >= 4 is 10.4 Å². The third-order valence-corrected chi connectivity index (χ3v) is 3.98. The summed E-state index contributed by atoms with van der Waals surface area (Å²) in [6.45, 7) is 3.79. The Kier molecular flexibility index (Phi) is 14.9. The molecule has 1 unspecified atom stereocenters. The molecule has 1 aromatic rings. The summed E-state index contributed by atoms with van der Waals surface area (Å²) >= 11 is 0. The predicted molar refractivity (Wildman–Crippen MR) is 91.6 cm³/mol. The van der Waals surface area contributed by atoms with E-state index < -0.39 is 16.7 Å². The normalized spacial score (nSPS) is 12.4. The monoisotopic (exact) mass is 383 g/mol. The van der Waals surface area contributed by atoms with Crippen LogP contribution in [0, 0.1) is 0 Å². The molecule has 0 radical (unpaired) electrons. The van der Waals surface area contributed by atoms with Gasteiger partial charge < -0.3 is 4.74 Å². The zero-order valence-electron chi connectivity index (χ0n) is 15.5. The Morgan fingerprint density at radius 1 is 0.960 bits per heavy atom. The molecule has 0 saturated carbocycles. The van der Waals surface area contributed by atoms with Crippen molar-refractivity contribution in [1.82, 2.24) is 0 Å². The first kappa shape index (κ1) is 24.8. The van der Waals surface area contributed by atoms with E-state index in [2.05, 4.69) is 11.3 Å². The molecular formula is C17H28NaO6S+. The summed E-state index contributed by atoms with van der Waals surface area (Å²) in [4.78, 5) is 4.70. The quantitative estimate of drug-likeness (QED) is 0.159. The molecule has 0 aromatic heterocycles. The molecule has 8 heteroatoms. The molecule has 0 N–H and O–H groups in total. The maximum Gasteiger partial charge on any atom is 1.00 e. The van der Waals surface area contributed by atoms with Crippen molar-refractivity contribution in [2.75, 3.05) is 6.61 Å². The van der Waals surface area contributed by atoms with E-state index in [9.17, 15) is 8.42 Å². The van der Waals surface area contributed by atoms with Crippen LogP contribution >= 0.6 is 0 Å². The van der Waals surface area contributed by atoms with Crippen LogP contribution in [0.15, 0.2) is 30.3 Å². The van der Waals surface area contributed by atoms with E-state index in [0.717, 1.165) is 12.8 Å². The van der Waals surface area contributed by atoms with Gasteiger partial charge in [-0.2, -0.15) is 13.3 Å². The summed E-state index contributed by atoms with van der Waals surface area (Å²) in [6, 6.07) is 8.89. The van der Waals surface area contributed by atoms with Crippen molar-refractivity contribution in [1.29, 1.82) is 0 Å². The van der Waals surface area contributed by atoms with Gasteiger partial charge in [-0.05, 0) is 18.6 Å². The van der Waals surface area contributed by atoms with Crippen molar-refractivity contribution < 1.29 is 56.1 Å². The van der Waals surface area contributed by atoms with Crippen molar-refractivity contribution in [2.24, 2.45) is 0 Å². The van der Waals surface area contributed by atoms with Crippen molar-refractivity contribution in [3.8, 4) is 5.75 Å². The van der Waals surface area contributed by atoms with Gasteiger partial charge in [-0.3, -0.25) is 0 Å². The Balaban J connectivity index is 0.00000576. The van der Waals surface area contributed by atoms with E-state index in [0.29, 0.717) is 12.2 Å². The van der Waals surface area contributed by atoms with E-state index in [-0.39, 0.29) is 36.2 Å². The van der Waals surface area contributed by atoms with Gasteiger partial charge in [0.2, 0.25) is 6.29 Å². The fourth-order valence-corrected chi connectivity index (χ4v) is 2.62. The van der Waals surface area contributed by atoms with E-state index in [4.69, 9.17) is 13.8 Å². The standard InChI is InChI=1S/C17H28O6S.Na/c1-3-4-5-6-7-8-12-15-20-24(18,19)23-22-16(2)21-17-13-10-9-11-14-17;/h9-11,13-14,16H,3-8,12,15H2,1-2H3;/q;+1. The molecule has 1 rings (SSSR count). The van der Waals surface area contributed by atoms with Crippen molar-refractivity contribution in [2.45, 2.75) is 65.1 Å². The topological polar surface area (TPSA) is 71.1 Å². The zero-order valence-corrected chi connectivity index (χ0v) is 18.3. The van der Waals surface area contributed by atoms with Crippen LogP contribution in [-0.2, 0) is 23.8 Å². The average Bonchev–Trinajstić information content (AvgIpc) is 2.56. The molecular weight excluding hydrogens is 355 g/mol. The fraction of sp³-hybridized carbons (Fsp3) is 0.647. The Morgan fingerprint density at radius 2 is 1.56 bits per heavy atom. The van der Waals surface area contributed by atoms with Gasteiger partial charge in [0, 0.05) is 6.92 Å². The SMILES string of the molecule is CCCCCCCCCOS(=O)(=O)OOC(C)Oc1ccccc1.[Na+]. The summed E-state index contributed by atoms with van der Waals surface area (Å²) in [5, 5.41) is 0. The fourth-order valence-electron chi connectivity index (χ4n) is 2.05. The third-order valence-electron chi connectivity index (χ3n) is 3.28. The molecule has 0 saturated heterocycles. The molecule has 1 aromatic carbocycles. The molecule has 0 fully saturated rings. The van der Waals surface area contributed by atoms with Gasteiger partial charge in [0.05, 0.1) is 6.61 Å². The summed E-state index contributed by atoms with van der Waals surface area (Å²) in [5.74, 6) is 0.551.